The van der Waals surface area contributed by atoms with Gasteiger partial charge in [-0.1, -0.05) is 13.8 Å². The molecule has 0 radical (unpaired) electrons. The highest BCUT2D eigenvalue weighted by molar-refractivity contribution is 5.78. The zero-order chi connectivity index (χ0) is 18.7. The molecule has 0 aromatic carbocycles. The topological polar surface area (TPSA) is 43.4 Å². The van der Waals surface area contributed by atoms with E-state index < -0.39 is 0 Å². The molecule has 3 nitrogen and oxygen atoms in total. The fourth-order valence-electron chi connectivity index (χ4n) is 7.97. The highest BCUT2D eigenvalue weighted by Crippen LogP contribution is 2.66. The van der Waals surface area contributed by atoms with Crippen molar-refractivity contribution in [2.24, 2.45) is 40.4 Å². The number of rotatable bonds is 2. The van der Waals surface area contributed by atoms with Crippen LogP contribution in [0.5, 0.6) is 0 Å². The van der Waals surface area contributed by atoms with Crippen LogP contribution in [0.25, 0.3) is 0 Å². The van der Waals surface area contributed by atoms with Crippen LogP contribution < -0.4 is 0 Å². The first-order chi connectivity index (χ1) is 12.3. The van der Waals surface area contributed by atoms with E-state index in [1.54, 1.807) is 13.8 Å². The Hall–Kier alpha value is -0.860. The Kier molecular flexibility index (Phi) is 4.51. The van der Waals surface area contributed by atoms with Gasteiger partial charge in [0.05, 0.1) is 0 Å². The first kappa shape index (κ1) is 18.5. The maximum atomic E-state index is 11.9. The average Bonchev–Trinajstić information content (AvgIpc) is 2.90. The fraction of sp³-hybridized carbons (Fsp3) is 0.913. The first-order valence-corrected chi connectivity index (χ1v) is 10.9. The van der Waals surface area contributed by atoms with Crippen molar-refractivity contribution in [1.82, 2.24) is 0 Å². The average molecular weight is 361 g/mol. The van der Waals surface area contributed by atoms with Crippen molar-refractivity contribution < 1.29 is 14.3 Å². The number of esters is 1. The second-order valence-electron chi connectivity index (χ2n) is 10.5. The summed E-state index contributed by atoms with van der Waals surface area (Å²) < 4.78 is 5.76. The van der Waals surface area contributed by atoms with Gasteiger partial charge in [0.1, 0.15) is 11.9 Å². The summed E-state index contributed by atoms with van der Waals surface area (Å²) >= 11 is 0. The molecule has 0 spiro atoms. The van der Waals surface area contributed by atoms with Gasteiger partial charge in [0.2, 0.25) is 0 Å². The highest BCUT2D eigenvalue weighted by Gasteiger charge is 2.61. The molecule has 0 saturated heterocycles. The molecule has 4 aliphatic carbocycles. The lowest BCUT2D eigenvalue weighted by Gasteiger charge is -2.60. The highest BCUT2D eigenvalue weighted by atomic mass is 16.5. The van der Waals surface area contributed by atoms with Crippen molar-refractivity contribution in [3.8, 4) is 0 Å². The summed E-state index contributed by atoms with van der Waals surface area (Å²) in [5.41, 5.74) is 0.613. The Labute approximate surface area is 158 Å². The molecule has 4 saturated carbocycles. The van der Waals surface area contributed by atoms with Crippen molar-refractivity contribution in [2.75, 3.05) is 0 Å². The van der Waals surface area contributed by atoms with Crippen LogP contribution in [0.4, 0.5) is 0 Å². The van der Waals surface area contributed by atoms with E-state index >= 15 is 0 Å². The van der Waals surface area contributed by atoms with Crippen LogP contribution in [-0.4, -0.2) is 17.9 Å². The van der Waals surface area contributed by atoms with Gasteiger partial charge in [0, 0.05) is 18.3 Å². The van der Waals surface area contributed by atoms with E-state index in [1.165, 1.54) is 38.5 Å². The van der Waals surface area contributed by atoms with Crippen LogP contribution in [0.2, 0.25) is 0 Å². The van der Waals surface area contributed by atoms with Crippen molar-refractivity contribution in [3.63, 3.8) is 0 Å². The monoisotopic (exact) mass is 360 g/mol. The molecule has 4 rings (SSSR count). The zero-order valence-electron chi connectivity index (χ0n) is 17.1. The Morgan fingerprint density at radius 3 is 2.23 bits per heavy atom. The SMILES string of the molecule is CC(=O)O[C@H]1CC[C@H]2[C@@H]3CC[C@H]4C[C@@H](C(C)=O)CC[C@]4(C)[C@H]3CC[C@]12C. The number of ketones is 1. The minimum Gasteiger partial charge on any atom is -0.462 e. The van der Waals surface area contributed by atoms with Crippen LogP contribution in [-0.2, 0) is 14.3 Å². The molecule has 0 heterocycles. The van der Waals surface area contributed by atoms with Crippen LogP contribution >= 0.6 is 0 Å². The molecule has 8 atom stereocenters. The second kappa shape index (κ2) is 6.34. The predicted molar refractivity (Wildman–Crippen MR) is 101 cm³/mol. The lowest BCUT2D eigenvalue weighted by molar-refractivity contribution is -0.162. The Bertz CT molecular complexity index is 598. The van der Waals surface area contributed by atoms with Gasteiger partial charge in [-0.25, -0.2) is 0 Å². The maximum absolute atomic E-state index is 11.9. The largest absolute Gasteiger partial charge is 0.462 e. The normalized spacial score (nSPS) is 50.3. The summed E-state index contributed by atoms with van der Waals surface area (Å²) in [6, 6.07) is 0. The number of hydrogen-bond donors (Lipinski definition) is 0. The van der Waals surface area contributed by atoms with E-state index in [0.717, 1.165) is 37.0 Å². The summed E-state index contributed by atoms with van der Waals surface area (Å²) in [7, 11) is 0. The molecule has 146 valence electrons. The van der Waals surface area contributed by atoms with E-state index in [9.17, 15) is 9.59 Å². The van der Waals surface area contributed by atoms with Crippen LogP contribution in [0.3, 0.4) is 0 Å². The number of Topliss-reactive ketones (excluding diaryl/α,β-unsaturated/α-hetero) is 1. The summed E-state index contributed by atoms with van der Waals surface area (Å²) in [6.07, 6.45) is 11.0. The first-order valence-electron chi connectivity index (χ1n) is 10.9. The van der Waals surface area contributed by atoms with Gasteiger partial charge in [-0.05, 0) is 93.8 Å². The molecule has 0 unspecified atom stereocenters. The van der Waals surface area contributed by atoms with Crippen molar-refractivity contribution in [1.29, 1.82) is 0 Å². The minimum absolute atomic E-state index is 0.114. The van der Waals surface area contributed by atoms with Crippen LogP contribution in [0.1, 0.15) is 85.5 Å². The smallest absolute Gasteiger partial charge is 0.302 e. The molecule has 4 fully saturated rings. The molecule has 3 heteroatoms. The second-order valence-corrected chi connectivity index (χ2v) is 10.5. The van der Waals surface area contributed by atoms with E-state index in [2.05, 4.69) is 13.8 Å². The molecular weight excluding hydrogens is 324 g/mol. The van der Waals surface area contributed by atoms with Gasteiger partial charge in [0.15, 0.2) is 0 Å². The molecule has 0 aromatic heterocycles. The third-order valence-corrected chi connectivity index (χ3v) is 9.46. The number of carbonyl (C=O) groups is 2. The molecular formula is C23H36O3. The number of fused-ring (bicyclic) bond motifs is 5. The summed E-state index contributed by atoms with van der Waals surface area (Å²) in [5, 5.41) is 0. The van der Waals surface area contributed by atoms with Gasteiger partial charge in [-0.15, -0.1) is 0 Å². The van der Waals surface area contributed by atoms with Crippen molar-refractivity contribution >= 4 is 11.8 Å². The van der Waals surface area contributed by atoms with Crippen LogP contribution in [0.15, 0.2) is 0 Å². The minimum atomic E-state index is -0.114. The van der Waals surface area contributed by atoms with E-state index in [0.29, 0.717) is 23.0 Å². The van der Waals surface area contributed by atoms with Gasteiger partial charge < -0.3 is 4.74 Å². The Morgan fingerprint density at radius 2 is 1.54 bits per heavy atom. The number of carbonyl (C=O) groups excluding carboxylic acids is 2. The lowest BCUT2D eigenvalue weighted by Crippen LogP contribution is -2.54. The summed E-state index contributed by atoms with van der Waals surface area (Å²) in [6.45, 7) is 8.29. The summed E-state index contributed by atoms with van der Waals surface area (Å²) in [4.78, 5) is 23.5. The number of hydrogen-bond acceptors (Lipinski definition) is 3. The maximum Gasteiger partial charge on any atom is 0.302 e. The van der Waals surface area contributed by atoms with Crippen molar-refractivity contribution in [3.05, 3.63) is 0 Å². The molecule has 0 aromatic rings. The Morgan fingerprint density at radius 1 is 0.846 bits per heavy atom. The van der Waals surface area contributed by atoms with Gasteiger partial charge in [0.25, 0.3) is 0 Å². The van der Waals surface area contributed by atoms with Gasteiger partial charge >= 0.3 is 5.97 Å². The van der Waals surface area contributed by atoms with Gasteiger partial charge in [-0.3, -0.25) is 9.59 Å². The van der Waals surface area contributed by atoms with E-state index in [4.69, 9.17) is 4.74 Å². The standard InChI is InChI=1S/C23H36O3/c1-14(24)16-9-11-22(3)17(13-16)5-6-18-19-7-8-21(26-15(2)25)23(19,4)12-10-20(18)22/h16-21H,5-13H2,1-4H3/t16-,17-,18-,19-,20-,21-,22-,23-/m0/s1. The van der Waals surface area contributed by atoms with Crippen molar-refractivity contribution in [2.45, 2.75) is 91.6 Å². The third kappa shape index (κ3) is 2.67. The van der Waals surface area contributed by atoms with E-state index in [-0.39, 0.29) is 17.5 Å². The molecule has 26 heavy (non-hydrogen) atoms. The fourth-order valence-corrected chi connectivity index (χ4v) is 7.97. The van der Waals surface area contributed by atoms with Gasteiger partial charge in [-0.2, -0.15) is 0 Å². The molecule has 0 bridgehead atoms. The summed E-state index contributed by atoms with van der Waals surface area (Å²) in [5.74, 6) is 3.67. The number of ether oxygens (including phenoxy) is 1. The predicted octanol–water partition coefficient (Wildman–Crippen LogP) is 5.17. The molecule has 0 aliphatic heterocycles. The molecule has 0 amide bonds. The quantitative estimate of drug-likeness (QED) is 0.638. The Balaban J connectivity index is 1.55. The lowest BCUT2D eigenvalue weighted by atomic mass is 9.44. The molecule has 4 aliphatic rings. The molecule has 0 N–H and O–H groups in total. The van der Waals surface area contributed by atoms with E-state index in [1.807, 2.05) is 0 Å². The third-order valence-electron chi connectivity index (χ3n) is 9.46. The van der Waals surface area contributed by atoms with Crippen LogP contribution in [0, 0.1) is 40.4 Å². The zero-order valence-corrected chi connectivity index (χ0v) is 17.1.